The Labute approximate surface area is 157 Å². The highest BCUT2D eigenvalue weighted by Gasteiger charge is 2.25. The van der Waals surface area contributed by atoms with E-state index in [4.69, 9.17) is 0 Å². The summed E-state index contributed by atoms with van der Waals surface area (Å²) in [5.41, 5.74) is 8.46. The van der Waals surface area contributed by atoms with Crippen molar-refractivity contribution in [1.29, 1.82) is 0 Å². The first-order valence-corrected chi connectivity index (χ1v) is 10.1. The van der Waals surface area contributed by atoms with Gasteiger partial charge in [0.25, 0.3) is 0 Å². The van der Waals surface area contributed by atoms with Crippen LogP contribution in [0.15, 0.2) is 42.6 Å². The summed E-state index contributed by atoms with van der Waals surface area (Å²) in [7, 11) is 0. The van der Waals surface area contributed by atoms with Crippen molar-refractivity contribution < 1.29 is 0 Å². The van der Waals surface area contributed by atoms with Gasteiger partial charge in [-0.3, -0.25) is 4.90 Å². The predicted octanol–water partition coefficient (Wildman–Crippen LogP) is 6.07. The zero-order valence-corrected chi connectivity index (χ0v) is 16.3. The van der Waals surface area contributed by atoms with Gasteiger partial charge in [-0.1, -0.05) is 43.7 Å². The first kappa shape index (κ1) is 17.4. The van der Waals surface area contributed by atoms with E-state index >= 15 is 0 Å². The van der Waals surface area contributed by atoms with Crippen LogP contribution in [0.4, 0.5) is 0 Å². The first-order valence-electron chi connectivity index (χ1n) is 10.1. The van der Waals surface area contributed by atoms with Crippen LogP contribution in [0.5, 0.6) is 0 Å². The number of aromatic amines is 1. The van der Waals surface area contributed by atoms with E-state index in [2.05, 4.69) is 73.3 Å². The molecule has 1 aliphatic rings. The molecule has 2 heteroatoms. The SMILES string of the molecule is CCc1ccc(C2CCCCN2Cc2c(C)cc(C)c3[nH]ccc23)cc1. The van der Waals surface area contributed by atoms with Crippen molar-refractivity contribution in [2.75, 3.05) is 6.54 Å². The van der Waals surface area contributed by atoms with Crippen LogP contribution in [0.2, 0.25) is 0 Å². The fourth-order valence-electron chi connectivity index (χ4n) is 4.59. The normalized spacial score (nSPS) is 18.5. The average Bonchev–Trinajstić information content (AvgIpc) is 3.16. The molecule has 2 aromatic carbocycles. The van der Waals surface area contributed by atoms with Crippen LogP contribution in [-0.4, -0.2) is 16.4 Å². The third kappa shape index (κ3) is 3.19. The summed E-state index contributed by atoms with van der Waals surface area (Å²) in [5, 5.41) is 1.40. The third-order valence-corrected chi connectivity index (χ3v) is 6.12. The van der Waals surface area contributed by atoms with Gasteiger partial charge in [0.05, 0.1) is 0 Å². The van der Waals surface area contributed by atoms with E-state index in [0.717, 1.165) is 13.0 Å². The summed E-state index contributed by atoms with van der Waals surface area (Å²) in [4.78, 5) is 6.13. The fraction of sp³-hybridized carbons (Fsp3) is 0.417. The summed E-state index contributed by atoms with van der Waals surface area (Å²) in [5.74, 6) is 0. The highest BCUT2D eigenvalue weighted by molar-refractivity contribution is 5.86. The van der Waals surface area contributed by atoms with Gasteiger partial charge in [0.2, 0.25) is 0 Å². The molecule has 0 saturated carbocycles. The Bertz CT molecular complexity index is 888. The molecule has 1 saturated heterocycles. The lowest BCUT2D eigenvalue weighted by Crippen LogP contribution is -2.33. The number of rotatable bonds is 4. The summed E-state index contributed by atoms with van der Waals surface area (Å²) in [6.45, 7) is 8.93. The van der Waals surface area contributed by atoms with E-state index < -0.39 is 0 Å². The number of nitrogens with zero attached hydrogens (tertiary/aromatic N) is 1. The third-order valence-electron chi connectivity index (χ3n) is 6.12. The van der Waals surface area contributed by atoms with E-state index in [0.29, 0.717) is 6.04 Å². The van der Waals surface area contributed by atoms with Gasteiger partial charge in [0.15, 0.2) is 0 Å². The number of likely N-dealkylation sites (tertiary alicyclic amines) is 1. The zero-order chi connectivity index (χ0) is 18.1. The number of hydrogen-bond donors (Lipinski definition) is 1. The Balaban J connectivity index is 1.66. The summed E-state index contributed by atoms with van der Waals surface area (Å²) in [6, 6.07) is 14.5. The largest absolute Gasteiger partial charge is 0.361 e. The fourth-order valence-corrected chi connectivity index (χ4v) is 4.59. The van der Waals surface area contributed by atoms with Crippen LogP contribution >= 0.6 is 0 Å². The molecule has 2 nitrogen and oxygen atoms in total. The molecule has 1 fully saturated rings. The topological polar surface area (TPSA) is 19.0 Å². The minimum atomic E-state index is 0.546. The van der Waals surface area contributed by atoms with E-state index in [9.17, 15) is 0 Å². The Morgan fingerprint density at radius 1 is 1.04 bits per heavy atom. The van der Waals surface area contributed by atoms with Gasteiger partial charge in [-0.15, -0.1) is 0 Å². The van der Waals surface area contributed by atoms with Crippen LogP contribution in [0.3, 0.4) is 0 Å². The molecule has 1 unspecified atom stereocenters. The summed E-state index contributed by atoms with van der Waals surface area (Å²) in [6.07, 6.45) is 7.11. The van der Waals surface area contributed by atoms with Gasteiger partial charge in [0.1, 0.15) is 0 Å². The van der Waals surface area contributed by atoms with Crippen molar-refractivity contribution in [3.63, 3.8) is 0 Å². The van der Waals surface area contributed by atoms with Gasteiger partial charge >= 0.3 is 0 Å². The standard InChI is InChI=1S/C24H30N2/c1-4-19-8-10-20(11-9-19)23-7-5-6-14-26(23)16-22-17(2)15-18(3)24-21(22)12-13-25-24/h8-13,15,23,25H,4-7,14,16H2,1-3H3. The molecule has 3 aromatic rings. The Hall–Kier alpha value is -2.06. The molecule has 4 rings (SSSR count). The van der Waals surface area contributed by atoms with E-state index in [1.807, 2.05) is 0 Å². The van der Waals surface area contributed by atoms with Crippen molar-refractivity contribution in [1.82, 2.24) is 9.88 Å². The maximum Gasteiger partial charge on any atom is 0.0487 e. The van der Waals surface area contributed by atoms with Crippen LogP contribution < -0.4 is 0 Å². The molecule has 136 valence electrons. The monoisotopic (exact) mass is 346 g/mol. The van der Waals surface area contributed by atoms with Gasteiger partial charge in [-0.2, -0.15) is 0 Å². The maximum absolute atomic E-state index is 3.43. The average molecular weight is 347 g/mol. The van der Waals surface area contributed by atoms with Crippen LogP contribution in [0.1, 0.15) is 60.0 Å². The van der Waals surface area contributed by atoms with Crippen LogP contribution in [-0.2, 0) is 13.0 Å². The number of nitrogens with one attached hydrogen (secondary N) is 1. The molecule has 0 bridgehead atoms. The molecule has 0 aliphatic carbocycles. The summed E-state index contributed by atoms with van der Waals surface area (Å²) >= 11 is 0. The second kappa shape index (κ2) is 7.28. The maximum atomic E-state index is 3.43. The van der Waals surface area contributed by atoms with Crippen LogP contribution in [0.25, 0.3) is 10.9 Å². The van der Waals surface area contributed by atoms with Crippen LogP contribution in [0, 0.1) is 13.8 Å². The van der Waals surface area contributed by atoms with E-state index in [1.54, 1.807) is 0 Å². The first-order chi connectivity index (χ1) is 12.7. The molecule has 1 aromatic heterocycles. The number of piperidine rings is 1. The number of H-pyrrole nitrogens is 1. The Kier molecular flexibility index (Phi) is 4.86. The number of benzene rings is 2. The van der Waals surface area contributed by atoms with Gasteiger partial charge < -0.3 is 4.98 Å². The molecule has 0 amide bonds. The molecule has 0 spiro atoms. The minimum absolute atomic E-state index is 0.546. The quantitative estimate of drug-likeness (QED) is 0.607. The number of fused-ring (bicyclic) bond motifs is 1. The highest BCUT2D eigenvalue weighted by Crippen LogP contribution is 2.34. The lowest BCUT2D eigenvalue weighted by molar-refractivity contribution is 0.141. The van der Waals surface area contributed by atoms with Crippen molar-refractivity contribution in [3.05, 3.63) is 70.4 Å². The van der Waals surface area contributed by atoms with Gasteiger partial charge in [0, 0.05) is 29.7 Å². The Morgan fingerprint density at radius 3 is 2.62 bits per heavy atom. The van der Waals surface area contributed by atoms with Crippen molar-refractivity contribution in [3.8, 4) is 0 Å². The molecule has 0 radical (unpaired) electrons. The smallest absolute Gasteiger partial charge is 0.0487 e. The molecule has 2 heterocycles. The molecule has 26 heavy (non-hydrogen) atoms. The second-order valence-corrected chi connectivity index (χ2v) is 7.83. The van der Waals surface area contributed by atoms with Crippen molar-refractivity contribution >= 4 is 10.9 Å². The van der Waals surface area contributed by atoms with Crippen molar-refractivity contribution in [2.45, 2.75) is 59.0 Å². The molecular formula is C24H30N2. The predicted molar refractivity (Wildman–Crippen MR) is 111 cm³/mol. The lowest BCUT2D eigenvalue weighted by atomic mass is 9.92. The molecular weight excluding hydrogens is 316 g/mol. The van der Waals surface area contributed by atoms with Gasteiger partial charge in [-0.25, -0.2) is 0 Å². The van der Waals surface area contributed by atoms with Gasteiger partial charge in [-0.05, 0) is 73.5 Å². The van der Waals surface area contributed by atoms with Crippen molar-refractivity contribution in [2.24, 2.45) is 0 Å². The zero-order valence-electron chi connectivity index (χ0n) is 16.3. The molecule has 1 aliphatic heterocycles. The number of aromatic nitrogens is 1. The number of hydrogen-bond acceptors (Lipinski definition) is 1. The van der Waals surface area contributed by atoms with E-state index in [1.165, 1.54) is 64.5 Å². The second-order valence-electron chi connectivity index (χ2n) is 7.83. The van der Waals surface area contributed by atoms with E-state index in [-0.39, 0.29) is 0 Å². The molecule has 1 N–H and O–H groups in total. The lowest BCUT2D eigenvalue weighted by Gasteiger charge is -2.36. The highest BCUT2D eigenvalue weighted by atomic mass is 15.2. The Morgan fingerprint density at radius 2 is 1.85 bits per heavy atom. The minimum Gasteiger partial charge on any atom is -0.361 e. The number of aryl methyl sites for hydroxylation is 3. The summed E-state index contributed by atoms with van der Waals surface area (Å²) < 4.78 is 0. The molecule has 1 atom stereocenters.